The van der Waals surface area contributed by atoms with Crippen LogP contribution in [0.1, 0.15) is 0 Å². The third-order valence-corrected chi connectivity index (χ3v) is 2.51. The first-order valence-corrected chi connectivity index (χ1v) is 5.22. The molecule has 0 saturated heterocycles. The molecule has 0 aliphatic rings. The Morgan fingerprint density at radius 3 is 2.67 bits per heavy atom. The highest BCUT2D eigenvalue weighted by Crippen LogP contribution is 2.14. The number of hydrogen-bond acceptors (Lipinski definition) is 4. The summed E-state index contributed by atoms with van der Waals surface area (Å²) in [6.45, 7) is 0. The zero-order chi connectivity index (χ0) is 11.1. The summed E-state index contributed by atoms with van der Waals surface area (Å²) in [4.78, 5) is 0. The molecule has 1 aromatic rings. The molecule has 0 spiro atoms. The summed E-state index contributed by atoms with van der Waals surface area (Å²) in [7, 11) is 0. The molecule has 4 nitrogen and oxygen atoms in total. The molecule has 15 heavy (non-hydrogen) atoms. The lowest BCUT2D eigenvalue weighted by atomic mass is 10.3. The highest BCUT2D eigenvalue weighted by molar-refractivity contribution is 8.14. The van der Waals surface area contributed by atoms with E-state index in [1.807, 2.05) is 30.3 Å². The second-order valence-corrected chi connectivity index (χ2v) is 3.55. The SMILES string of the molecule is C#CCS/C(=N/N)N(N)c1ccccc1. The molecule has 0 aliphatic carbocycles. The van der Waals surface area contributed by atoms with Crippen molar-refractivity contribution >= 4 is 22.6 Å². The van der Waals surface area contributed by atoms with Gasteiger partial charge in [-0.05, 0) is 12.1 Å². The van der Waals surface area contributed by atoms with Crippen LogP contribution in [0.4, 0.5) is 5.69 Å². The zero-order valence-electron chi connectivity index (χ0n) is 8.13. The molecule has 0 aliphatic heterocycles. The Balaban J connectivity index is 2.75. The summed E-state index contributed by atoms with van der Waals surface area (Å²) < 4.78 is 0. The largest absolute Gasteiger partial charge is 0.321 e. The monoisotopic (exact) mass is 220 g/mol. The molecule has 0 amide bonds. The summed E-state index contributed by atoms with van der Waals surface area (Å²) in [6.07, 6.45) is 5.14. The van der Waals surface area contributed by atoms with Crippen LogP contribution in [0.25, 0.3) is 0 Å². The van der Waals surface area contributed by atoms with Crippen molar-refractivity contribution in [2.45, 2.75) is 0 Å². The van der Waals surface area contributed by atoms with Crippen molar-refractivity contribution in [3.8, 4) is 12.3 Å². The number of rotatable bonds is 2. The van der Waals surface area contributed by atoms with E-state index < -0.39 is 0 Å². The van der Waals surface area contributed by atoms with Gasteiger partial charge >= 0.3 is 0 Å². The number of hydrazine groups is 1. The quantitative estimate of drug-likeness (QED) is 0.256. The highest BCUT2D eigenvalue weighted by Gasteiger charge is 2.08. The van der Waals surface area contributed by atoms with Gasteiger partial charge in [0.15, 0.2) is 0 Å². The minimum Gasteiger partial charge on any atom is -0.321 e. The normalized spacial score (nSPS) is 10.8. The molecule has 1 aromatic carbocycles. The maximum Gasteiger partial charge on any atom is 0.202 e. The van der Waals surface area contributed by atoms with E-state index in [1.165, 1.54) is 16.8 Å². The fraction of sp³-hybridized carbons (Fsp3) is 0.100. The second kappa shape index (κ2) is 5.96. The van der Waals surface area contributed by atoms with E-state index in [4.69, 9.17) is 18.1 Å². The van der Waals surface area contributed by atoms with Crippen molar-refractivity contribution in [2.24, 2.45) is 16.8 Å². The first-order chi connectivity index (χ1) is 7.29. The molecule has 4 N–H and O–H groups in total. The molecular formula is C10H12N4S. The maximum atomic E-state index is 5.82. The Kier molecular flexibility index (Phi) is 4.54. The van der Waals surface area contributed by atoms with Crippen LogP contribution in [0.15, 0.2) is 35.4 Å². The summed E-state index contributed by atoms with van der Waals surface area (Å²) in [5, 5.41) is 5.48. The molecule has 0 aromatic heterocycles. The number of amidine groups is 1. The molecule has 0 fully saturated rings. The molecule has 0 atom stereocenters. The van der Waals surface area contributed by atoms with Crippen LogP contribution in [-0.2, 0) is 0 Å². The molecule has 0 unspecified atom stereocenters. The van der Waals surface area contributed by atoms with Gasteiger partial charge in [-0.1, -0.05) is 35.9 Å². The van der Waals surface area contributed by atoms with Gasteiger partial charge in [-0.2, -0.15) is 5.10 Å². The Hall–Kier alpha value is -1.64. The highest BCUT2D eigenvalue weighted by atomic mass is 32.2. The average Bonchev–Trinajstić information content (AvgIpc) is 2.31. The van der Waals surface area contributed by atoms with Crippen LogP contribution in [0, 0.1) is 12.3 Å². The summed E-state index contributed by atoms with van der Waals surface area (Å²) in [5.41, 5.74) is 0.811. The maximum absolute atomic E-state index is 5.82. The second-order valence-electron chi connectivity index (χ2n) is 2.61. The van der Waals surface area contributed by atoms with Gasteiger partial charge in [-0.25, -0.2) is 5.84 Å². The van der Waals surface area contributed by atoms with Crippen molar-refractivity contribution in [1.29, 1.82) is 0 Å². The van der Waals surface area contributed by atoms with Gasteiger partial charge in [0.1, 0.15) is 0 Å². The van der Waals surface area contributed by atoms with Gasteiger partial charge in [-0.3, -0.25) is 5.01 Å². The van der Waals surface area contributed by atoms with E-state index in [0.717, 1.165) is 5.69 Å². The van der Waals surface area contributed by atoms with E-state index >= 15 is 0 Å². The molecule has 5 heteroatoms. The summed E-state index contributed by atoms with van der Waals surface area (Å²) in [6, 6.07) is 9.40. The van der Waals surface area contributed by atoms with Crippen molar-refractivity contribution in [2.75, 3.05) is 10.8 Å². The zero-order valence-corrected chi connectivity index (χ0v) is 8.95. The molecule has 0 bridgehead atoms. The number of thioether (sulfide) groups is 1. The van der Waals surface area contributed by atoms with Gasteiger partial charge in [0.25, 0.3) is 0 Å². The van der Waals surface area contributed by atoms with E-state index in [1.54, 1.807) is 0 Å². The number of terminal acetylenes is 1. The van der Waals surface area contributed by atoms with E-state index in [0.29, 0.717) is 10.9 Å². The van der Waals surface area contributed by atoms with Gasteiger partial charge < -0.3 is 5.84 Å². The van der Waals surface area contributed by atoms with Crippen LogP contribution >= 0.6 is 11.8 Å². The predicted octanol–water partition coefficient (Wildman–Crippen LogP) is 0.963. The number of hydrazone groups is 1. The topological polar surface area (TPSA) is 67.6 Å². The third kappa shape index (κ3) is 3.20. The first-order valence-electron chi connectivity index (χ1n) is 4.23. The number of benzene rings is 1. The fourth-order valence-corrected chi connectivity index (χ4v) is 1.51. The minimum absolute atomic E-state index is 0.483. The lowest BCUT2D eigenvalue weighted by Crippen LogP contribution is -2.36. The smallest absolute Gasteiger partial charge is 0.202 e. The number of nitrogens with zero attached hydrogens (tertiary/aromatic N) is 2. The van der Waals surface area contributed by atoms with Crippen LogP contribution in [0.5, 0.6) is 0 Å². The van der Waals surface area contributed by atoms with Gasteiger partial charge in [0.2, 0.25) is 5.17 Å². The van der Waals surface area contributed by atoms with E-state index in [-0.39, 0.29) is 0 Å². The molecule has 78 valence electrons. The Bertz CT molecular complexity index is 369. The number of hydrogen-bond donors (Lipinski definition) is 2. The number of nitrogens with two attached hydrogens (primary N) is 2. The van der Waals surface area contributed by atoms with Crippen molar-refractivity contribution in [3.05, 3.63) is 30.3 Å². The lowest BCUT2D eigenvalue weighted by molar-refractivity contribution is 1.11. The van der Waals surface area contributed by atoms with Crippen LogP contribution in [0.2, 0.25) is 0 Å². The van der Waals surface area contributed by atoms with E-state index in [2.05, 4.69) is 11.0 Å². The molecule has 0 heterocycles. The van der Waals surface area contributed by atoms with Crippen LogP contribution < -0.4 is 16.7 Å². The molecule has 1 rings (SSSR count). The molecule has 0 radical (unpaired) electrons. The lowest BCUT2D eigenvalue weighted by Gasteiger charge is -2.18. The predicted molar refractivity (Wildman–Crippen MR) is 66.0 cm³/mol. The average molecular weight is 220 g/mol. The summed E-state index contributed by atoms with van der Waals surface area (Å²) in [5.74, 6) is 14.0. The third-order valence-electron chi connectivity index (χ3n) is 1.64. The van der Waals surface area contributed by atoms with Gasteiger partial charge in [0, 0.05) is 0 Å². The molecular weight excluding hydrogens is 208 g/mol. The standard InChI is InChI=1S/C10H12N4S/c1-2-8-15-10(13-11)14(12)9-6-4-3-5-7-9/h1,3-7H,8,11-12H2/b13-10+. The van der Waals surface area contributed by atoms with Gasteiger partial charge in [-0.15, -0.1) is 6.42 Å². The van der Waals surface area contributed by atoms with Crippen molar-refractivity contribution < 1.29 is 0 Å². The van der Waals surface area contributed by atoms with Crippen molar-refractivity contribution in [3.63, 3.8) is 0 Å². The fourth-order valence-electron chi connectivity index (χ4n) is 0.974. The van der Waals surface area contributed by atoms with Crippen LogP contribution in [0.3, 0.4) is 0 Å². The first kappa shape index (κ1) is 11.4. The van der Waals surface area contributed by atoms with E-state index in [9.17, 15) is 0 Å². The number of anilines is 1. The molecule has 0 saturated carbocycles. The Labute approximate surface area is 93.3 Å². The van der Waals surface area contributed by atoms with Crippen molar-refractivity contribution in [1.82, 2.24) is 0 Å². The minimum atomic E-state index is 0.483. The number of para-hydroxylation sites is 1. The van der Waals surface area contributed by atoms with Gasteiger partial charge in [0.05, 0.1) is 11.4 Å². The summed E-state index contributed by atoms with van der Waals surface area (Å²) >= 11 is 1.31. The Morgan fingerprint density at radius 1 is 1.47 bits per heavy atom. The van der Waals surface area contributed by atoms with Crippen LogP contribution in [-0.4, -0.2) is 10.9 Å². The Morgan fingerprint density at radius 2 is 2.13 bits per heavy atom.